The van der Waals surface area contributed by atoms with Gasteiger partial charge in [0.25, 0.3) is 11.5 Å². The molecule has 4 aromatic rings. The quantitative estimate of drug-likeness (QED) is 0.439. The number of halogens is 1. The number of aromatic nitrogens is 1. The van der Waals surface area contributed by atoms with Gasteiger partial charge in [0.2, 0.25) is 0 Å². The molecular formula is C27H20ClN3O3S. The van der Waals surface area contributed by atoms with Crippen LogP contribution in [0.5, 0.6) is 5.75 Å². The Balaban J connectivity index is 1.68. The van der Waals surface area contributed by atoms with Crippen LogP contribution in [0.15, 0.2) is 99.9 Å². The van der Waals surface area contributed by atoms with Crippen LogP contribution < -0.4 is 20.2 Å². The van der Waals surface area contributed by atoms with Gasteiger partial charge in [-0.3, -0.25) is 14.2 Å². The molecule has 0 radical (unpaired) electrons. The van der Waals surface area contributed by atoms with Crippen LogP contribution >= 0.6 is 22.9 Å². The number of phenolic OH excluding ortho intramolecular Hbond substituents is 1. The highest BCUT2D eigenvalue weighted by Gasteiger charge is 2.32. The molecule has 1 aliphatic heterocycles. The highest BCUT2D eigenvalue weighted by molar-refractivity contribution is 7.07. The lowest BCUT2D eigenvalue weighted by Gasteiger charge is -2.25. The third-order valence-electron chi connectivity index (χ3n) is 5.65. The molecule has 0 spiro atoms. The molecule has 174 valence electrons. The molecule has 0 bridgehead atoms. The van der Waals surface area contributed by atoms with Crippen LogP contribution in [0, 0.1) is 0 Å². The number of nitrogens with zero attached hydrogens (tertiary/aromatic N) is 2. The molecule has 6 nitrogen and oxygen atoms in total. The van der Waals surface area contributed by atoms with Crippen LogP contribution in [0.4, 0.5) is 5.69 Å². The number of benzene rings is 3. The van der Waals surface area contributed by atoms with Gasteiger partial charge in [-0.05, 0) is 60.5 Å². The highest BCUT2D eigenvalue weighted by Crippen LogP contribution is 2.31. The van der Waals surface area contributed by atoms with Crippen molar-refractivity contribution in [3.8, 4) is 5.75 Å². The molecule has 0 unspecified atom stereocenters. The Morgan fingerprint density at radius 3 is 2.54 bits per heavy atom. The van der Waals surface area contributed by atoms with E-state index in [4.69, 9.17) is 11.6 Å². The van der Waals surface area contributed by atoms with Gasteiger partial charge >= 0.3 is 0 Å². The van der Waals surface area contributed by atoms with E-state index in [0.717, 1.165) is 5.56 Å². The standard InChI is InChI=1S/C27H20ClN3O3S/c1-16-23(25(33)30-20-7-3-2-4-8-20)24(18-10-12-19(28)13-11-18)31-26(34)22(35-27(31)29-16)15-17-6-5-9-21(32)14-17/h2-15,24,32H,1H3,(H,30,33)/b22-15+/t24-/m1/s1. The molecule has 35 heavy (non-hydrogen) atoms. The molecule has 5 rings (SSSR count). The van der Waals surface area contributed by atoms with E-state index in [1.165, 1.54) is 11.3 Å². The lowest BCUT2D eigenvalue weighted by Crippen LogP contribution is -2.40. The van der Waals surface area contributed by atoms with E-state index in [1.807, 2.05) is 30.3 Å². The van der Waals surface area contributed by atoms with Crippen molar-refractivity contribution in [2.75, 3.05) is 5.32 Å². The summed E-state index contributed by atoms with van der Waals surface area (Å²) in [4.78, 5) is 32.2. The second-order valence-electron chi connectivity index (χ2n) is 8.05. The molecule has 1 aliphatic rings. The summed E-state index contributed by atoms with van der Waals surface area (Å²) in [6, 6.07) is 22.2. The fourth-order valence-corrected chi connectivity index (χ4v) is 5.23. The molecule has 1 atom stereocenters. The lowest BCUT2D eigenvalue weighted by atomic mass is 9.95. The SMILES string of the molecule is CC1=C(C(=O)Nc2ccccc2)[C@@H](c2ccc(Cl)cc2)n2c(s/c(=C/c3cccc(O)c3)c2=O)=N1. The maximum absolute atomic E-state index is 13.6. The molecule has 0 saturated heterocycles. The fourth-order valence-electron chi connectivity index (χ4n) is 4.06. The van der Waals surface area contributed by atoms with E-state index in [2.05, 4.69) is 10.3 Å². The van der Waals surface area contributed by atoms with E-state index in [1.54, 1.807) is 66.1 Å². The van der Waals surface area contributed by atoms with Crippen LogP contribution in [0.1, 0.15) is 24.1 Å². The Morgan fingerprint density at radius 1 is 1.09 bits per heavy atom. The Kier molecular flexibility index (Phi) is 6.11. The average Bonchev–Trinajstić information content (AvgIpc) is 3.13. The van der Waals surface area contributed by atoms with Gasteiger partial charge in [0.15, 0.2) is 4.80 Å². The lowest BCUT2D eigenvalue weighted by molar-refractivity contribution is -0.113. The number of hydrogen-bond acceptors (Lipinski definition) is 5. The van der Waals surface area contributed by atoms with Crippen molar-refractivity contribution >= 4 is 40.6 Å². The summed E-state index contributed by atoms with van der Waals surface area (Å²) in [5.41, 5.74) is 2.72. The zero-order chi connectivity index (χ0) is 24.5. The first kappa shape index (κ1) is 22.8. The number of rotatable bonds is 4. The molecule has 2 N–H and O–H groups in total. The van der Waals surface area contributed by atoms with Gasteiger partial charge in [-0.15, -0.1) is 0 Å². The first-order chi connectivity index (χ1) is 16.9. The van der Waals surface area contributed by atoms with Crippen LogP contribution in [0.25, 0.3) is 6.08 Å². The van der Waals surface area contributed by atoms with Gasteiger partial charge in [0.05, 0.1) is 21.8 Å². The second-order valence-corrected chi connectivity index (χ2v) is 9.49. The van der Waals surface area contributed by atoms with E-state index in [-0.39, 0.29) is 17.2 Å². The predicted octanol–water partition coefficient (Wildman–Crippen LogP) is 4.23. The van der Waals surface area contributed by atoms with Gasteiger partial charge in [0, 0.05) is 10.7 Å². The summed E-state index contributed by atoms with van der Waals surface area (Å²) < 4.78 is 2.00. The number of anilines is 1. The van der Waals surface area contributed by atoms with Crippen LogP contribution in [-0.4, -0.2) is 15.6 Å². The van der Waals surface area contributed by atoms with Crippen LogP contribution in [-0.2, 0) is 4.79 Å². The van der Waals surface area contributed by atoms with Crippen molar-refractivity contribution in [1.29, 1.82) is 0 Å². The van der Waals surface area contributed by atoms with Gasteiger partial charge in [-0.2, -0.15) is 0 Å². The first-order valence-corrected chi connectivity index (χ1v) is 12.0. The molecular weight excluding hydrogens is 482 g/mol. The van der Waals surface area contributed by atoms with E-state index in [9.17, 15) is 14.7 Å². The zero-order valence-electron chi connectivity index (χ0n) is 18.6. The maximum atomic E-state index is 13.6. The Labute approximate surface area is 209 Å². The monoisotopic (exact) mass is 501 g/mol. The van der Waals surface area contributed by atoms with Crippen LogP contribution in [0.3, 0.4) is 0 Å². The minimum absolute atomic E-state index is 0.112. The third-order valence-corrected chi connectivity index (χ3v) is 6.89. The summed E-state index contributed by atoms with van der Waals surface area (Å²) in [5.74, 6) is -0.221. The molecule has 1 aromatic heterocycles. The largest absolute Gasteiger partial charge is 0.508 e. The van der Waals surface area contributed by atoms with Crippen molar-refractivity contribution in [3.05, 3.63) is 126 Å². The third kappa shape index (κ3) is 4.56. The molecule has 0 aliphatic carbocycles. The first-order valence-electron chi connectivity index (χ1n) is 10.8. The Bertz CT molecular complexity index is 1640. The molecule has 2 heterocycles. The van der Waals surface area contributed by atoms with Crippen molar-refractivity contribution in [2.45, 2.75) is 13.0 Å². The minimum Gasteiger partial charge on any atom is -0.508 e. The molecule has 8 heteroatoms. The van der Waals surface area contributed by atoms with E-state index in [0.29, 0.717) is 36.9 Å². The Hall–Kier alpha value is -3.94. The Morgan fingerprint density at radius 2 is 1.83 bits per heavy atom. The number of phenols is 1. The smallest absolute Gasteiger partial charge is 0.271 e. The van der Waals surface area contributed by atoms with E-state index < -0.39 is 6.04 Å². The minimum atomic E-state index is -0.682. The number of para-hydroxylation sites is 1. The van der Waals surface area contributed by atoms with Crippen molar-refractivity contribution in [1.82, 2.24) is 4.57 Å². The molecule has 3 aromatic carbocycles. The molecule has 0 fully saturated rings. The normalized spacial score (nSPS) is 15.5. The number of carbonyl (C=O) groups is 1. The number of fused-ring (bicyclic) bond motifs is 1. The number of allylic oxidation sites excluding steroid dienone is 1. The number of aromatic hydroxyl groups is 1. The summed E-state index contributed by atoms with van der Waals surface area (Å²) in [6.45, 7) is 1.77. The van der Waals surface area contributed by atoms with Gasteiger partial charge in [-0.25, -0.2) is 4.99 Å². The molecule has 1 amide bonds. The van der Waals surface area contributed by atoms with Crippen LogP contribution in [0.2, 0.25) is 5.02 Å². The molecule has 0 saturated carbocycles. The second kappa shape index (κ2) is 9.37. The average molecular weight is 502 g/mol. The number of nitrogens with one attached hydrogen (secondary N) is 1. The topological polar surface area (TPSA) is 83.7 Å². The van der Waals surface area contributed by atoms with Crippen molar-refractivity contribution in [3.63, 3.8) is 0 Å². The summed E-state index contributed by atoms with van der Waals surface area (Å²) in [7, 11) is 0. The summed E-state index contributed by atoms with van der Waals surface area (Å²) in [6.07, 6.45) is 1.71. The predicted molar refractivity (Wildman–Crippen MR) is 138 cm³/mol. The number of hydrogen-bond donors (Lipinski definition) is 2. The number of thiazole rings is 1. The summed E-state index contributed by atoms with van der Waals surface area (Å²) in [5, 5.41) is 13.3. The van der Waals surface area contributed by atoms with Gasteiger partial charge in [-0.1, -0.05) is 65.4 Å². The van der Waals surface area contributed by atoms with Crippen molar-refractivity contribution in [2.24, 2.45) is 4.99 Å². The van der Waals surface area contributed by atoms with Crippen molar-refractivity contribution < 1.29 is 9.90 Å². The fraction of sp³-hybridized carbons (Fsp3) is 0.0741. The summed E-state index contributed by atoms with van der Waals surface area (Å²) >= 11 is 7.36. The zero-order valence-corrected chi connectivity index (χ0v) is 20.2. The van der Waals surface area contributed by atoms with Gasteiger partial charge < -0.3 is 10.4 Å². The number of carbonyl (C=O) groups excluding carboxylic acids is 1. The maximum Gasteiger partial charge on any atom is 0.271 e. The number of amides is 1. The van der Waals surface area contributed by atoms with E-state index >= 15 is 0 Å². The van der Waals surface area contributed by atoms with Gasteiger partial charge in [0.1, 0.15) is 5.75 Å². The highest BCUT2D eigenvalue weighted by atomic mass is 35.5.